The molecule has 0 bridgehead atoms. The van der Waals surface area contributed by atoms with Crippen molar-refractivity contribution in [2.24, 2.45) is 5.92 Å². The number of nitrogens with zero attached hydrogens (tertiary/aromatic N) is 2. The normalized spacial score (nSPS) is 19.2. The standard InChI is InChI=1S/C34H44N2O/c1-27-15-17-31(18-16-27)34-26-35(25-30-12-7-4-8-13-30)21-22-36(34)33-20-19-32(24-28(33)2)37-23-9-14-29-10-5-3-6-11-29/h4,7-8,12-13,15-20,24,29,34H,3,5-6,9-11,14,21-23,25-26H2,1-2H3/t34-/m0/s1. The minimum Gasteiger partial charge on any atom is -0.494 e. The molecular formula is C34H44N2O. The Bertz CT molecular complexity index is 1100. The molecule has 0 unspecified atom stereocenters. The van der Waals surface area contributed by atoms with Crippen LogP contribution in [-0.4, -0.2) is 31.1 Å². The fraction of sp³-hybridized carbons (Fsp3) is 0.471. The number of aryl methyl sites for hydroxylation is 2. The molecular weight excluding hydrogens is 452 g/mol. The summed E-state index contributed by atoms with van der Waals surface area (Å²) in [6.07, 6.45) is 9.63. The molecule has 196 valence electrons. The zero-order chi connectivity index (χ0) is 25.5. The Kier molecular flexibility index (Phi) is 8.84. The van der Waals surface area contributed by atoms with Crippen molar-refractivity contribution in [3.8, 4) is 5.75 Å². The van der Waals surface area contributed by atoms with Crippen LogP contribution in [0, 0.1) is 19.8 Å². The molecule has 0 spiro atoms. The van der Waals surface area contributed by atoms with E-state index in [1.807, 2.05) is 0 Å². The van der Waals surface area contributed by atoms with E-state index in [2.05, 4.69) is 96.4 Å². The summed E-state index contributed by atoms with van der Waals surface area (Å²) in [5.74, 6) is 1.94. The van der Waals surface area contributed by atoms with E-state index in [-0.39, 0.29) is 0 Å². The van der Waals surface area contributed by atoms with Gasteiger partial charge in [-0.2, -0.15) is 0 Å². The summed E-state index contributed by atoms with van der Waals surface area (Å²) in [6.45, 7) is 9.36. The molecule has 1 saturated heterocycles. The lowest BCUT2D eigenvalue weighted by Gasteiger charge is -2.44. The smallest absolute Gasteiger partial charge is 0.119 e. The monoisotopic (exact) mass is 496 g/mol. The molecule has 3 aromatic carbocycles. The molecule has 2 fully saturated rings. The van der Waals surface area contributed by atoms with Gasteiger partial charge < -0.3 is 9.64 Å². The van der Waals surface area contributed by atoms with Crippen molar-refractivity contribution in [3.05, 3.63) is 95.1 Å². The molecule has 3 aromatic rings. The van der Waals surface area contributed by atoms with Crippen LogP contribution in [0.5, 0.6) is 5.75 Å². The van der Waals surface area contributed by atoms with Crippen molar-refractivity contribution < 1.29 is 4.74 Å². The molecule has 1 aliphatic heterocycles. The molecule has 1 aliphatic carbocycles. The Morgan fingerprint density at radius 1 is 0.838 bits per heavy atom. The van der Waals surface area contributed by atoms with Crippen LogP contribution < -0.4 is 9.64 Å². The van der Waals surface area contributed by atoms with E-state index in [9.17, 15) is 0 Å². The first-order valence-corrected chi connectivity index (χ1v) is 14.5. The molecule has 3 heteroatoms. The van der Waals surface area contributed by atoms with Gasteiger partial charge in [0.25, 0.3) is 0 Å². The van der Waals surface area contributed by atoms with E-state index in [0.717, 1.165) is 44.5 Å². The van der Waals surface area contributed by atoms with Gasteiger partial charge in [0.1, 0.15) is 5.75 Å². The van der Waals surface area contributed by atoms with Crippen LogP contribution in [0.1, 0.15) is 73.2 Å². The van der Waals surface area contributed by atoms with Crippen molar-refractivity contribution in [2.45, 2.75) is 71.4 Å². The highest BCUT2D eigenvalue weighted by Crippen LogP contribution is 2.35. The summed E-state index contributed by atoms with van der Waals surface area (Å²) in [7, 11) is 0. The molecule has 1 saturated carbocycles. The average Bonchev–Trinajstić information content (AvgIpc) is 2.93. The molecule has 0 amide bonds. The quantitative estimate of drug-likeness (QED) is 0.278. The van der Waals surface area contributed by atoms with E-state index in [0.29, 0.717) is 6.04 Å². The van der Waals surface area contributed by atoms with Crippen LogP contribution >= 0.6 is 0 Å². The Labute approximate surface area is 224 Å². The van der Waals surface area contributed by atoms with Crippen LogP contribution in [0.2, 0.25) is 0 Å². The summed E-state index contributed by atoms with van der Waals surface area (Å²) in [5, 5.41) is 0. The summed E-state index contributed by atoms with van der Waals surface area (Å²) in [5.41, 5.74) is 6.73. The van der Waals surface area contributed by atoms with Gasteiger partial charge in [-0.3, -0.25) is 4.90 Å². The Morgan fingerprint density at radius 3 is 2.38 bits per heavy atom. The Balaban J connectivity index is 1.25. The zero-order valence-corrected chi connectivity index (χ0v) is 22.9. The SMILES string of the molecule is Cc1ccc([C@@H]2CN(Cc3ccccc3)CCN2c2ccc(OCCCC3CCCCC3)cc2C)cc1. The van der Waals surface area contributed by atoms with Gasteiger partial charge in [-0.15, -0.1) is 0 Å². The second kappa shape index (κ2) is 12.6. The van der Waals surface area contributed by atoms with Crippen molar-refractivity contribution in [1.82, 2.24) is 4.90 Å². The second-order valence-corrected chi connectivity index (χ2v) is 11.3. The van der Waals surface area contributed by atoms with Crippen molar-refractivity contribution >= 4 is 5.69 Å². The molecule has 0 N–H and O–H groups in total. The lowest BCUT2D eigenvalue weighted by atomic mass is 9.86. The molecule has 0 aromatic heterocycles. The van der Waals surface area contributed by atoms with E-state index >= 15 is 0 Å². The molecule has 5 rings (SSSR count). The highest BCUT2D eigenvalue weighted by Gasteiger charge is 2.29. The van der Waals surface area contributed by atoms with Crippen LogP contribution in [0.4, 0.5) is 5.69 Å². The van der Waals surface area contributed by atoms with E-state index in [1.165, 1.54) is 72.9 Å². The molecule has 1 heterocycles. The molecule has 3 nitrogen and oxygen atoms in total. The maximum atomic E-state index is 6.20. The first-order chi connectivity index (χ1) is 18.2. The fourth-order valence-electron chi connectivity index (χ4n) is 6.26. The Hall–Kier alpha value is -2.78. The van der Waals surface area contributed by atoms with Crippen LogP contribution in [0.25, 0.3) is 0 Å². The number of hydrogen-bond donors (Lipinski definition) is 0. The van der Waals surface area contributed by atoms with Crippen molar-refractivity contribution in [1.29, 1.82) is 0 Å². The number of ether oxygens (including phenoxy) is 1. The van der Waals surface area contributed by atoms with E-state index < -0.39 is 0 Å². The lowest BCUT2D eigenvalue weighted by molar-refractivity contribution is 0.215. The maximum Gasteiger partial charge on any atom is 0.119 e. The summed E-state index contributed by atoms with van der Waals surface area (Å²) in [4.78, 5) is 5.23. The van der Waals surface area contributed by atoms with Gasteiger partial charge in [0.2, 0.25) is 0 Å². The van der Waals surface area contributed by atoms with Crippen LogP contribution in [0.3, 0.4) is 0 Å². The van der Waals surface area contributed by atoms with Gasteiger partial charge >= 0.3 is 0 Å². The molecule has 37 heavy (non-hydrogen) atoms. The third-order valence-electron chi connectivity index (χ3n) is 8.40. The molecule has 0 radical (unpaired) electrons. The predicted octanol–water partition coefficient (Wildman–Crippen LogP) is 8.11. The topological polar surface area (TPSA) is 15.7 Å². The predicted molar refractivity (Wildman–Crippen MR) is 155 cm³/mol. The van der Waals surface area contributed by atoms with Gasteiger partial charge in [0.05, 0.1) is 12.6 Å². The highest BCUT2D eigenvalue weighted by atomic mass is 16.5. The average molecular weight is 497 g/mol. The third kappa shape index (κ3) is 6.96. The van der Waals surface area contributed by atoms with E-state index in [1.54, 1.807) is 0 Å². The van der Waals surface area contributed by atoms with Crippen molar-refractivity contribution in [2.75, 3.05) is 31.1 Å². The number of piperazine rings is 1. The number of hydrogen-bond acceptors (Lipinski definition) is 3. The van der Waals surface area contributed by atoms with Crippen molar-refractivity contribution in [3.63, 3.8) is 0 Å². The van der Waals surface area contributed by atoms with Crippen LogP contribution in [-0.2, 0) is 6.54 Å². The maximum absolute atomic E-state index is 6.20. The first kappa shape index (κ1) is 25.9. The fourth-order valence-corrected chi connectivity index (χ4v) is 6.26. The highest BCUT2D eigenvalue weighted by molar-refractivity contribution is 5.58. The third-order valence-corrected chi connectivity index (χ3v) is 8.40. The second-order valence-electron chi connectivity index (χ2n) is 11.3. The van der Waals surface area contributed by atoms with Gasteiger partial charge in [-0.05, 0) is 67.5 Å². The summed E-state index contributed by atoms with van der Waals surface area (Å²) < 4.78 is 6.20. The number of benzene rings is 3. The molecule has 1 atom stereocenters. The van der Waals surface area contributed by atoms with Gasteiger partial charge in [0.15, 0.2) is 0 Å². The largest absolute Gasteiger partial charge is 0.494 e. The summed E-state index contributed by atoms with van der Waals surface area (Å²) in [6, 6.07) is 27.1. The van der Waals surface area contributed by atoms with Gasteiger partial charge in [-0.1, -0.05) is 92.3 Å². The van der Waals surface area contributed by atoms with Gasteiger partial charge in [0, 0.05) is 31.9 Å². The Morgan fingerprint density at radius 2 is 1.62 bits per heavy atom. The van der Waals surface area contributed by atoms with Gasteiger partial charge in [-0.25, -0.2) is 0 Å². The zero-order valence-electron chi connectivity index (χ0n) is 22.9. The van der Waals surface area contributed by atoms with E-state index in [4.69, 9.17) is 4.74 Å². The first-order valence-electron chi connectivity index (χ1n) is 14.5. The number of anilines is 1. The minimum absolute atomic E-state index is 0.332. The minimum atomic E-state index is 0.332. The lowest BCUT2D eigenvalue weighted by Crippen LogP contribution is -2.48. The summed E-state index contributed by atoms with van der Waals surface area (Å²) >= 11 is 0. The number of rotatable bonds is 9. The molecule has 2 aliphatic rings. The van der Waals surface area contributed by atoms with Crippen LogP contribution in [0.15, 0.2) is 72.8 Å².